The third-order valence-electron chi connectivity index (χ3n) is 5.38. The molecule has 11 nitrogen and oxygen atoms in total. The Morgan fingerprint density at radius 2 is 1.53 bits per heavy atom. The van der Waals surface area contributed by atoms with Gasteiger partial charge in [-0.25, -0.2) is 4.79 Å². The van der Waals surface area contributed by atoms with Crippen molar-refractivity contribution in [1.82, 2.24) is 16.0 Å². The maximum absolute atomic E-state index is 13.2. The Hall–Kier alpha value is -3.16. The summed E-state index contributed by atoms with van der Waals surface area (Å²) in [5, 5.41) is 7.16. The van der Waals surface area contributed by atoms with Crippen LogP contribution in [-0.2, 0) is 39.8 Å². The molecule has 1 saturated heterocycles. The molecule has 0 bridgehead atoms. The number of ether oxygens (including phenoxy) is 4. The van der Waals surface area contributed by atoms with Crippen molar-refractivity contribution in [2.24, 2.45) is 0 Å². The van der Waals surface area contributed by atoms with Crippen LogP contribution in [0.15, 0.2) is 30.3 Å². The van der Waals surface area contributed by atoms with Crippen LogP contribution in [0.2, 0.25) is 0 Å². The zero-order chi connectivity index (χ0) is 28.5. The normalized spacial score (nSPS) is 19.2. The van der Waals surface area contributed by atoms with E-state index < -0.39 is 60.5 Å². The number of alkyl carbamates (subject to hydrolysis) is 1. The molecular formula is C25H35F2N3O8. The van der Waals surface area contributed by atoms with E-state index in [2.05, 4.69) is 20.7 Å². The fraction of sp³-hybridized carbons (Fsp3) is 0.600. The molecule has 0 radical (unpaired) electrons. The van der Waals surface area contributed by atoms with Crippen molar-refractivity contribution in [3.05, 3.63) is 35.9 Å². The molecule has 0 aliphatic carbocycles. The number of methoxy groups -OCH3 is 1. The van der Waals surface area contributed by atoms with E-state index >= 15 is 0 Å². The van der Waals surface area contributed by atoms with Gasteiger partial charge in [0.15, 0.2) is 5.78 Å². The Kier molecular flexibility index (Phi) is 11.1. The SMILES string of the molecule is COC[C@H](NC(=O)[C@H](COC(F)F)NC(=O)OC(C)(C)C)C(=O)N[C@@H](Cc1ccccc1)C(=O)[C@@]1(C)CO1. The van der Waals surface area contributed by atoms with Gasteiger partial charge in [0.1, 0.15) is 23.3 Å². The first-order valence-electron chi connectivity index (χ1n) is 11.9. The zero-order valence-corrected chi connectivity index (χ0v) is 22.0. The molecule has 3 amide bonds. The van der Waals surface area contributed by atoms with E-state index in [-0.39, 0.29) is 25.4 Å². The molecule has 0 aromatic heterocycles. The van der Waals surface area contributed by atoms with E-state index in [0.29, 0.717) is 0 Å². The highest BCUT2D eigenvalue weighted by molar-refractivity contribution is 5.98. The second kappa shape index (κ2) is 13.6. The van der Waals surface area contributed by atoms with Gasteiger partial charge in [-0.3, -0.25) is 14.4 Å². The number of carbonyl (C=O) groups is 4. The number of epoxide rings is 1. The molecule has 212 valence electrons. The first-order valence-corrected chi connectivity index (χ1v) is 11.9. The number of alkyl halides is 2. The molecule has 1 aliphatic heterocycles. The fourth-order valence-electron chi connectivity index (χ4n) is 3.37. The number of hydrogen-bond acceptors (Lipinski definition) is 8. The lowest BCUT2D eigenvalue weighted by Crippen LogP contribution is -2.59. The molecule has 38 heavy (non-hydrogen) atoms. The topological polar surface area (TPSA) is 145 Å². The maximum atomic E-state index is 13.2. The average molecular weight is 544 g/mol. The first kappa shape index (κ1) is 31.1. The van der Waals surface area contributed by atoms with E-state index in [9.17, 15) is 28.0 Å². The number of rotatable bonds is 14. The Morgan fingerprint density at radius 3 is 2.03 bits per heavy atom. The van der Waals surface area contributed by atoms with Gasteiger partial charge in [0.2, 0.25) is 11.8 Å². The van der Waals surface area contributed by atoms with Gasteiger partial charge in [-0.1, -0.05) is 30.3 Å². The fourth-order valence-corrected chi connectivity index (χ4v) is 3.37. The number of amides is 3. The predicted octanol–water partition coefficient (Wildman–Crippen LogP) is 1.34. The quantitative estimate of drug-likeness (QED) is 0.298. The molecule has 2 rings (SSSR count). The average Bonchev–Trinajstić information content (AvgIpc) is 3.58. The van der Waals surface area contributed by atoms with Gasteiger partial charge < -0.3 is 34.9 Å². The van der Waals surface area contributed by atoms with Crippen molar-refractivity contribution in [2.75, 3.05) is 26.9 Å². The molecule has 4 atom stereocenters. The van der Waals surface area contributed by atoms with E-state index in [4.69, 9.17) is 14.2 Å². The third kappa shape index (κ3) is 10.3. The van der Waals surface area contributed by atoms with E-state index in [1.165, 1.54) is 7.11 Å². The van der Waals surface area contributed by atoms with Crippen molar-refractivity contribution in [2.45, 2.75) is 70.1 Å². The highest BCUT2D eigenvalue weighted by Gasteiger charge is 2.50. The first-order chi connectivity index (χ1) is 17.7. The number of carbonyl (C=O) groups excluding carboxylic acids is 4. The van der Waals surface area contributed by atoms with Gasteiger partial charge in [-0.05, 0) is 39.7 Å². The molecular weight excluding hydrogens is 508 g/mol. The largest absolute Gasteiger partial charge is 0.444 e. The Labute approximate surface area is 219 Å². The summed E-state index contributed by atoms with van der Waals surface area (Å²) < 4.78 is 44.9. The summed E-state index contributed by atoms with van der Waals surface area (Å²) in [5.74, 6) is -2.10. The minimum Gasteiger partial charge on any atom is -0.444 e. The highest BCUT2D eigenvalue weighted by Crippen LogP contribution is 2.29. The van der Waals surface area contributed by atoms with Crippen LogP contribution < -0.4 is 16.0 Å². The van der Waals surface area contributed by atoms with Gasteiger partial charge >= 0.3 is 12.7 Å². The Morgan fingerprint density at radius 1 is 0.974 bits per heavy atom. The molecule has 0 unspecified atom stereocenters. The lowest BCUT2D eigenvalue weighted by molar-refractivity contribution is -0.145. The van der Waals surface area contributed by atoms with Crippen LogP contribution in [0.4, 0.5) is 13.6 Å². The van der Waals surface area contributed by atoms with E-state index in [1.54, 1.807) is 52.0 Å². The number of benzene rings is 1. The summed E-state index contributed by atoms with van der Waals surface area (Å²) in [6.45, 7) is 2.15. The van der Waals surface area contributed by atoms with Crippen molar-refractivity contribution in [1.29, 1.82) is 0 Å². The maximum Gasteiger partial charge on any atom is 0.408 e. The summed E-state index contributed by atoms with van der Waals surface area (Å²) >= 11 is 0. The zero-order valence-electron chi connectivity index (χ0n) is 22.0. The van der Waals surface area contributed by atoms with Crippen LogP contribution in [0, 0.1) is 0 Å². The molecule has 1 heterocycles. The Balaban J connectivity index is 2.15. The van der Waals surface area contributed by atoms with Gasteiger partial charge in [-0.15, -0.1) is 0 Å². The van der Waals surface area contributed by atoms with Crippen molar-refractivity contribution < 1.29 is 46.9 Å². The molecule has 1 fully saturated rings. The lowest BCUT2D eigenvalue weighted by Gasteiger charge is -2.26. The minimum absolute atomic E-state index is 0.170. The van der Waals surface area contributed by atoms with Crippen molar-refractivity contribution in [3.8, 4) is 0 Å². The Bertz CT molecular complexity index is 967. The predicted molar refractivity (Wildman–Crippen MR) is 130 cm³/mol. The molecule has 13 heteroatoms. The van der Waals surface area contributed by atoms with Gasteiger partial charge in [0, 0.05) is 7.11 Å². The smallest absolute Gasteiger partial charge is 0.408 e. The second-order valence-electron chi connectivity index (χ2n) is 9.94. The number of nitrogens with one attached hydrogen (secondary N) is 3. The summed E-state index contributed by atoms with van der Waals surface area (Å²) in [5.41, 5.74) is -1.16. The highest BCUT2D eigenvalue weighted by atomic mass is 19.3. The lowest BCUT2D eigenvalue weighted by atomic mass is 9.94. The van der Waals surface area contributed by atoms with Crippen LogP contribution in [0.3, 0.4) is 0 Å². The van der Waals surface area contributed by atoms with E-state index in [0.717, 1.165) is 5.56 Å². The number of halogens is 2. The number of hydrogen-bond donors (Lipinski definition) is 3. The van der Waals surface area contributed by atoms with Gasteiger partial charge in [-0.2, -0.15) is 8.78 Å². The minimum atomic E-state index is -3.21. The van der Waals surface area contributed by atoms with Crippen LogP contribution in [0.1, 0.15) is 33.3 Å². The van der Waals surface area contributed by atoms with Crippen molar-refractivity contribution in [3.63, 3.8) is 0 Å². The van der Waals surface area contributed by atoms with Gasteiger partial charge in [0.05, 0.1) is 25.9 Å². The summed E-state index contributed by atoms with van der Waals surface area (Å²) in [4.78, 5) is 51.3. The second-order valence-corrected chi connectivity index (χ2v) is 9.94. The number of Topliss-reactive ketones (excluding diaryl/α,β-unsaturated/α-hetero) is 1. The van der Waals surface area contributed by atoms with Crippen LogP contribution in [-0.4, -0.2) is 86.6 Å². The van der Waals surface area contributed by atoms with Crippen LogP contribution in [0.5, 0.6) is 0 Å². The molecule has 0 saturated carbocycles. The van der Waals surface area contributed by atoms with Crippen molar-refractivity contribution >= 4 is 23.7 Å². The standard InChI is InChI=1S/C25H35F2N3O8/c1-24(2,3)38-23(34)30-18(13-36-22(26)27)21(33)29-17(12-35-5)20(32)28-16(19(31)25(4)14-37-25)11-15-9-7-6-8-10-15/h6-10,16-18,22H,11-14H2,1-5H3,(H,28,32)(H,29,33)(H,30,34)/t16-,17-,18-,25+/m0/s1. The summed E-state index contributed by atoms with van der Waals surface area (Å²) in [6.07, 6.45) is -0.877. The summed E-state index contributed by atoms with van der Waals surface area (Å²) in [7, 11) is 1.29. The third-order valence-corrected chi connectivity index (χ3v) is 5.38. The summed E-state index contributed by atoms with van der Waals surface area (Å²) in [6, 6.07) is 5.06. The van der Waals surface area contributed by atoms with Crippen LogP contribution >= 0.6 is 0 Å². The number of ketones is 1. The van der Waals surface area contributed by atoms with E-state index in [1.807, 2.05) is 6.07 Å². The molecule has 1 aliphatic rings. The molecule has 0 spiro atoms. The monoisotopic (exact) mass is 543 g/mol. The van der Waals surface area contributed by atoms with Gasteiger partial charge in [0.25, 0.3) is 0 Å². The molecule has 3 N–H and O–H groups in total. The molecule has 1 aromatic carbocycles. The van der Waals surface area contributed by atoms with Crippen LogP contribution in [0.25, 0.3) is 0 Å². The molecule has 1 aromatic rings.